The van der Waals surface area contributed by atoms with Crippen LogP contribution in [-0.2, 0) is 4.79 Å². The minimum Gasteiger partial charge on any atom is -0.356 e. The standard InChI is InChI=1S/C13H26N2O/c1-10-7-11(9-14-8-10)12(16)15-6-5-13(2,3)4/h10-11,14H,5-9H2,1-4H3,(H,15,16). The first-order valence-corrected chi connectivity index (χ1v) is 6.37. The van der Waals surface area contributed by atoms with Gasteiger partial charge in [0, 0.05) is 13.1 Å². The zero-order valence-electron chi connectivity index (χ0n) is 11.1. The van der Waals surface area contributed by atoms with Crippen molar-refractivity contribution in [3.8, 4) is 0 Å². The molecular formula is C13H26N2O. The molecule has 0 aliphatic carbocycles. The topological polar surface area (TPSA) is 41.1 Å². The van der Waals surface area contributed by atoms with Crippen LogP contribution in [0.1, 0.15) is 40.5 Å². The maximum Gasteiger partial charge on any atom is 0.224 e. The zero-order valence-corrected chi connectivity index (χ0v) is 11.1. The molecule has 0 saturated carbocycles. The van der Waals surface area contributed by atoms with Gasteiger partial charge in [-0.2, -0.15) is 0 Å². The first-order valence-electron chi connectivity index (χ1n) is 6.37. The third-order valence-corrected chi connectivity index (χ3v) is 3.12. The van der Waals surface area contributed by atoms with Gasteiger partial charge in [0.25, 0.3) is 0 Å². The van der Waals surface area contributed by atoms with Crippen molar-refractivity contribution in [3.05, 3.63) is 0 Å². The Bertz CT molecular complexity index is 233. The molecule has 0 aromatic carbocycles. The molecule has 0 spiro atoms. The summed E-state index contributed by atoms with van der Waals surface area (Å²) in [7, 11) is 0. The molecule has 3 nitrogen and oxygen atoms in total. The predicted octanol–water partition coefficient (Wildman–Crippen LogP) is 1.78. The minimum absolute atomic E-state index is 0.170. The van der Waals surface area contributed by atoms with Gasteiger partial charge in [-0.15, -0.1) is 0 Å². The molecule has 1 fully saturated rings. The maximum atomic E-state index is 11.9. The molecule has 0 aromatic rings. The summed E-state index contributed by atoms with van der Waals surface area (Å²) in [5, 5.41) is 6.36. The Morgan fingerprint density at radius 1 is 1.38 bits per heavy atom. The van der Waals surface area contributed by atoms with E-state index in [9.17, 15) is 4.79 Å². The molecule has 94 valence electrons. The molecule has 0 bridgehead atoms. The van der Waals surface area contributed by atoms with Crippen LogP contribution in [0.15, 0.2) is 0 Å². The molecule has 1 aliphatic rings. The van der Waals surface area contributed by atoms with Crippen molar-refractivity contribution in [2.45, 2.75) is 40.5 Å². The van der Waals surface area contributed by atoms with E-state index in [1.807, 2.05) is 0 Å². The number of hydrogen-bond acceptors (Lipinski definition) is 2. The molecule has 16 heavy (non-hydrogen) atoms. The van der Waals surface area contributed by atoms with E-state index in [0.29, 0.717) is 11.3 Å². The quantitative estimate of drug-likeness (QED) is 0.770. The molecule has 1 rings (SSSR count). The van der Waals surface area contributed by atoms with Crippen LogP contribution in [0.2, 0.25) is 0 Å². The number of carbonyl (C=O) groups is 1. The summed E-state index contributed by atoms with van der Waals surface area (Å²) in [5.41, 5.74) is 0.297. The average Bonchev–Trinajstić information content (AvgIpc) is 2.15. The second kappa shape index (κ2) is 5.67. The van der Waals surface area contributed by atoms with Gasteiger partial charge < -0.3 is 10.6 Å². The average molecular weight is 226 g/mol. The van der Waals surface area contributed by atoms with Crippen molar-refractivity contribution in [1.82, 2.24) is 10.6 Å². The third-order valence-electron chi connectivity index (χ3n) is 3.12. The van der Waals surface area contributed by atoms with Crippen molar-refractivity contribution in [1.29, 1.82) is 0 Å². The predicted molar refractivity (Wildman–Crippen MR) is 67.2 cm³/mol. The van der Waals surface area contributed by atoms with Crippen LogP contribution in [-0.4, -0.2) is 25.5 Å². The van der Waals surface area contributed by atoms with Gasteiger partial charge in [-0.1, -0.05) is 27.7 Å². The normalized spacial score (nSPS) is 26.5. The van der Waals surface area contributed by atoms with Crippen LogP contribution in [0.25, 0.3) is 0 Å². The lowest BCUT2D eigenvalue weighted by Gasteiger charge is -2.27. The maximum absolute atomic E-state index is 11.9. The monoisotopic (exact) mass is 226 g/mol. The SMILES string of the molecule is CC1CNCC(C(=O)NCCC(C)(C)C)C1. The van der Waals surface area contributed by atoms with Gasteiger partial charge in [0.15, 0.2) is 0 Å². The molecule has 2 N–H and O–H groups in total. The highest BCUT2D eigenvalue weighted by molar-refractivity contribution is 5.78. The Balaban J connectivity index is 2.24. The molecule has 1 heterocycles. The summed E-state index contributed by atoms with van der Waals surface area (Å²) in [5.74, 6) is 1.01. The fourth-order valence-corrected chi connectivity index (χ4v) is 2.06. The Kier molecular flexibility index (Phi) is 4.78. The lowest BCUT2D eigenvalue weighted by atomic mass is 9.90. The smallest absolute Gasteiger partial charge is 0.224 e. The molecule has 1 aliphatic heterocycles. The van der Waals surface area contributed by atoms with Gasteiger partial charge in [0.1, 0.15) is 0 Å². The van der Waals surface area contributed by atoms with Crippen LogP contribution in [0, 0.1) is 17.3 Å². The van der Waals surface area contributed by atoms with E-state index < -0.39 is 0 Å². The number of hydrogen-bond donors (Lipinski definition) is 2. The number of carbonyl (C=O) groups excluding carboxylic acids is 1. The lowest BCUT2D eigenvalue weighted by Crippen LogP contribution is -2.43. The third kappa shape index (κ3) is 4.97. The van der Waals surface area contributed by atoms with Gasteiger partial charge in [0.2, 0.25) is 5.91 Å². The van der Waals surface area contributed by atoms with E-state index in [4.69, 9.17) is 0 Å². The molecule has 0 radical (unpaired) electrons. The molecular weight excluding hydrogens is 200 g/mol. The highest BCUT2D eigenvalue weighted by atomic mass is 16.1. The van der Waals surface area contributed by atoms with E-state index in [2.05, 4.69) is 38.3 Å². The summed E-state index contributed by atoms with van der Waals surface area (Å²) in [6, 6.07) is 0. The first-order chi connectivity index (χ1) is 7.38. The number of piperidine rings is 1. The Hall–Kier alpha value is -0.570. The summed E-state index contributed by atoms with van der Waals surface area (Å²) in [6.45, 7) is 11.5. The second-order valence-corrected chi connectivity index (χ2v) is 6.30. The fraction of sp³-hybridized carbons (Fsp3) is 0.923. The van der Waals surface area contributed by atoms with Crippen molar-refractivity contribution >= 4 is 5.91 Å². The summed E-state index contributed by atoms with van der Waals surface area (Å²) >= 11 is 0. The van der Waals surface area contributed by atoms with Gasteiger partial charge in [0.05, 0.1) is 5.92 Å². The van der Waals surface area contributed by atoms with Crippen molar-refractivity contribution < 1.29 is 4.79 Å². The lowest BCUT2D eigenvalue weighted by molar-refractivity contribution is -0.125. The Labute approximate surface area is 99.4 Å². The van der Waals surface area contributed by atoms with Crippen LogP contribution in [0.5, 0.6) is 0 Å². The number of amides is 1. The fourth-order valence-electron chi connectivity index (χ4n) is 2.06. The van der Waals surface area contributed by atoms with Crippen LogP contribution < -0.4 is 10.6 Å². The zero-order chi connectivity index (χ0) is 12.2. The highest BCUT2D eigenvalue weighted by Crippen LogP contribution is 2.18. The van der Waals surface area contributed by atoms with Crippen LogP contribution >= 0.6 is 0 Å². The Morgan fingerprint density at radius 2 is 2.06 bits per heavy atom. The Morgan fingerprint density at radius 3 is 2.62 bits per heavy atom. The van der Waals surface area contributed by atoms with E-state index in [0.717, 1.165) is 32.5 Å². The largest absolute Gasteiger partial charge is 0.356 e. The molecule has 2 atom stereocenters. The molecule has 3 heteroatoms. The van der Waals surface area contributed by atoms with E-state index in [1.54, 1.807) is 0 Å². The van der Waals surface area contributed by atoms with Crippen molar-refractivity contribution in [2.24, 2.45) is 17.3 Å². The van der Waals surface area contributed by atoms with Crippen LogP contribution in [0.4, 0.5) is 0 Å². The number of nitrogens with one attached hydrogen (secondary N) is 2. The van der Waals surface area contributed by atoms with Gasteiger partial charge in [-0.3, -0.25) is 4.79 Å². The van der Waals surface area contributed by atoms with E-state index in [1.165, 1.54) is 0 Å². The first kappa shape index (κ1) is 13.5. The summed E-state index contributed by atoms with van der Waals surface area (Å²) < 4.78 is 0. The van der Waals surface area contributed by atoms with E-state index >= 15 is 0 Å². The van der Waals surface area contributed by atoms with Gasteiger partial charge in [-0.25, -0.2) is 0 Å². The highest BCUT2D eigenvalue weighted by Gasteiger charge is 2.24. The minimum atomic E-state index is 0.170. The molecule has 2 unspecified atom stereocenters. The van der Waals surface area contributed by atoms with Crippen LogP contribution in [0.3, 0.4) is 0 Å². The second-order valence-electron chi connectivity index (χ2n) is 6.30. The van der Waals surface area contributed by atoms with Crippen molar-refractivity contribution in [2.75, 3.05) is 19.6 Å². The molecule has 1 saturated heterocycles. The summed E-state index contributed by atoms with van der Waals surface area (Å²) in [6.07, 6.45) is 2.06. The van der Waals surface area contributed by atoms with Gasteiger partial charge >= 0.3 is 0 Å². The number of rotatable bonds is 3. The van der Waals surface area contributed by atoms with Gasteiger partial charge in [-0.05, 0) is 30.7 Å². The molecule has 0 aromatic heterocycles. The molecule has 1 amide bonds. The summed E-state index contributed by atoms with van der Waals surface area (Å²) in [4.78, 5) is 11.9. The van der Waals surface area contributed by atoms with E-state index in [-0.39, 0.29) is 11.8 Å². The van der Waals surface area contributed by atoms with Crippen molar-refractivity contribution in [3.63, 3.8) is 0 Å².